The minimum Gasteiger partial charge on any atom is -0.465 e. The number of amides is 1. The zero-order valence-electron chi connectivity index (χ0n) is 16.3. The number of benzene rings is 1. The Hall–Kier alpha value is -2.41. The molecular weight excluding hydrogens is 346 g/mol. The summed E-state index contributed by atoms with van der Waals surface area (Å²) in [4.78, 5) is 32.4. The summed E-state index contributed by atoms with van der Waals surface area (Å²) < 4.78 is 12.4. The minimum absolute atomic E-state index is 0.0563. The topological polar surface area (TPSA) is 73.7 Å². The molecule has 0 aliphatic carbocycles. The zero-order valence-corrected chi connectivity index (χ0v) is 16.3. The fourth-order valence-corrected chi connectivity index (χ4v) is 3.81. The van der Waals surface area contributed by atoms with Gasteiger partial charge in [0.2, 0.25) is 11.9 Å². The highest BCUT2D eigenvalue weighted by molar-refractivity contribution is 6.08. The van der Waals surface area contributed by atoms with Gasteiger partial charge in [-0.05, 0) is 31.4 Å². The Morgan fingerprint density at radius 2 is 2.04 bits per heavy atom. The first kappa shape index (κ1) is 19.4. The van der Waals surface area contributed by atoms with Crippen LogP contribution in [0.25, 0.3) is 11.0 Å². The second-order valence-corrected chi connectivity index (χ2v) is 7.07. The first-order valence-electron chi connectivity index (χ1n) is 9.45. The van der Waals surface area contributed by atoms with Crippen LogP contribution in [0.2, 0.25) is 0 Å². The maximum absolute atomic E-state index is 13.3. The van der Waals surface area contributed by atoms with Crippen LogP contribution >= 0.6 is 0 Å². The van der Waals surface area contributed by atoms with E-state index >= 15 is 0 Å². The van der Waals surface area contributed by atoms with Crippen molar-refractivity contribution in [3.05, 3.63) is 24.3 Å². The molecule has 0 spiro atoms. The van der Waals surface area contributed by atoms with E-state index in [1.54, 1.807) is 18.9 Å². The summed E-state index contributed by atoms with van der Waals surface area (Å²) in [5, 5.41) is 0. The Morgan fingerprint density at radius 1 is 1.30 bits per heavy atom. The number of para-hydroxylation sites is 2. The van der Waals surface area contributed by atoms with Gasteiger partial charge in [-0.3, -0.25) is 14.5 Å². The lowest BCUT2D eigenvalue weighted by molar-refractivity contribution is -0.154. The summed E-state index contributed by atoms with van der Waals surface area (Å²) in [6, 6.07) is 7.44. The van der Waals surface area contributed by atoms with Crippen molar-refractivity contribution in [1.82, 2.24) is 9.55 Å². The predicted molar refractivity (Wildman–Crippen MR) is 103 cm³/mol. The van der Waals surface area contributed by atoms with Gasteiger partial charge in [0.05, 0.1) is 23.7 Å². The first-order valence-corrected chi connectivity index (χ1v) is 9.45. The number of rotatable bonds is 7. The van der Waals surface area contributed by atoms with Crippen LogP contribution in [0.4, 0.5) is 5.95 Å². The number of aromatic nitrogens is 2. The Bertz CT molecular complexity index is 830. The monoisotopic (exact) mass is 373 g/mol. The van der Waals surface area contributed by atoms with Crippen molar-refractivity contribution >= 4 is 28.9 Å². The Kier molecular flexibility index (Phi) is 5.79. The van der Waals surface area contributed by atoms with E-state index in [4.69, 9.17) is 14.5 Å². The zero-order chi connectivity index (χ0) is 19.6. The average molecular weight is 373 g/mol. The van der Waals surface area contributed by atoms with E-state index in [1.165, 1.54) is 0 Å². The summed E-state index contributed by atoms with van der Waals surface area (Å²) >= 11 is 0. The molecule has 0 fully saturated rings. The molecule has 3 rings (SSSR count). The highest BCUT2D eigenvalue weighted by Gasteiger charge is 2.47. The van der Waals surface area contributed by atoms with Crippen LogP contribution in [-0.2, 0) is 19.1 Å². The molecule has 27 heavy (non-hydrogen) atoms. The smallest absolute Gasteiger partial charge is 0.320 e. The largest absolute Gasteiger partial charge is 0.465 e. The Balaban J connectivity index is 2.16. The van der Waals surface area contributed by atoms with Crippen LogP contribution in [0.1, 0.15) is 33.2 Å². The number of hydrogen-bond acceptors (Lipinski definition) is 5. The van der Waals surface area contributed by atoms with Crippen molar-refractivity contribution in [2.45, 2.75) is 33.2 Å². The molecule has 2 aromatic rings. The molecule has 0 saturated heterocycles. The van der Waals surface area contributed by atoms with Gasteiger partial charge >= 0.3 is 5.97 Å². The average Bonchev–Trinajstić information content (AvgIpc) is 3.01. The van der Waals surface area contributed by atoms with Crippen LogP contribution in [0, 0.1) is 11.8 Å². The molecule has 1 aromatic heterocycles. The third-order valence-electron chi connectivity index (χ3n) is 4.94. The summed E-state index contributed by atoms with van der Waals surface area (Å²) in [7, 11) is 1.63. The number of hydrogen-bond donors (Lipinski definition) is 0. The molecule has 0 bridgehead atoms. The van der Waals surface area contributed by atoms with E-state index in [-0.39, 0.29) is 24.5 Å². The third kappa shape index (κ3) is 3.43. The first-order chi connectivity index (χ1) is 13.0. The van der Waals surface area contributed by atoms with Crippen molar-refractivity contribution in [2.24, 2.45) is 11.8 Å². The van der Waals surface area contributed by atoms with E-state index in [2.05, 4.69) is 0 Å². The van der Waals surface area contributed by atoms with Crippen molar-refractivity contribution < 1.29 is 19.1 Å². The normalized spacial score (nSPS) is 19.6. The lowest BCUT2D eigenvalue weighted by Crippen LogP contribution is -2.51. The molecule has 1 amide bonds. The number of imidazole rings is 1. The maximum atomic E-state index is 13.3. The van der Waals surface area contributed by atoms with Crippen molar-refractivity contribution in [3.63, 3.8) is 0 Å². The van der Waals surface area contributed by atoms with E-state index < -0.39 is 11.9 Å². The summed E-state index contributed by atoms with van der Waals surface area (Å²) in [5.74, 6) is -0.942. The second-order valence-electron chi connectivity index (χ2n) is 7.07. The van der Waals surface area contributed by atoms with Crippen LogP contribution in [0.5, 0.6) is 0 Å². The molecule has 1 aliphatic rings. The second kappa shape index (κ2) is 8.08. The molecule has 0 radical (unpaired) electrons. The number of anilines is 1. The van der Waals surface area contributed by atoms with E-state index in [0.717, 1.165) is 11.0 Å². The van der Waals surface area contributed by atoms with Crippen molar-refractivity contribution in [3.8, 4) is 0 Å². The van der Waals surface area contributed by atoms with Gasteiger partial charge in [0, 0.05) is 20.3 Å². The van der Waals surface area contributed by atoms with Gasteiger partial charge in [-0.25, -0.2) is 4.98 Å². The molecule has 2 atom stereocenters. The molecule has 1 aliphatic heterocycles. The van der Waals surface area contributed by atoms with Gasteiger partial charge in [0.1, 0.15) is 0 Å². The Morgan fingerprint density at radius 3 is 2.70 bits per heavy atom. The Labute approximate surface area is 159 Å². The minimum atomic E-state index is -0.877. The van der Waals surface area contributed by atoms with Crippen molar-refractivity contribution in [1.29, 1.82) is 0 Å². The third-order valence-corrected chi connectivity index (χ3v) is 4.94. The standard InChI is InChI=1S/C20H27N3O4/c1-5-27-19(25)16-17(13(2)3)23-15-10-7-6-9-14(15)21-20(23)22(18(16)24)11-8-12-26-4/h6-7,9-10,13,16-17H,5,8,11-12H2,1-4H3/t16-,17-/m0/s1. The fraction of sp³-hybridized carbons (Fsp3) is 0.550. The quantitative estimate of drug-likeness (QED) is 0.424. The fourth-order valence-electron chi connectivity index (χ4n) is 3.81. The number of methoxy groups -OCH3 is 1. The number of nitrogens with zero attached hydrogens (tertiary/aromatic N) is 3. The number of carbonyl (C=O) groups excluding carboxylic acids is 2. The molecule has 0 unspecified atom stereocenters. The van der Waals surface area contributed by atoms with Crippen LogP contribution in [-0.4, -0.2) is 48.3 Å². The number of carbonyl (C=O) groups is 2. The SMILES string of the molecule is CCOC(=O)[C@@H]1C(=O)N(CCCOC)c2nc3ccccc3n2[C@H]1C(C)C. The van der Waals surface area contributed by atoms with Gasteiger partial charge < -0.3 is 14.0 Å². The molecule has 2 heterocycles. The van der Waals surface area contributed by atoms with Crippen LogP contribution in [0.15, 0.2) is 24.3 Å². The lowest BCUT2D eigenvalue weighted by Gasteiger charge is -2.39. The highest BCUT2D eigenvalue weighted by Crippen LogP contribution is 2.41. The van der Waals surface area contributed by atoms with Crippen LogP contribution in [0.3, 0.4) is 0 Å². The molecule has 146 valence electrons. The van der Waals surface area contributed by atoms with E-state index in [0.29, 0.717) is 25.5 Å². The maximum Gasteiger partial charge on any atom is 0.320 e. The molecule has 1 aromatic carbocycles. The number of ether oxygens (including phenoxy) is 2. The van der Waals surface area contributed by atoms with Crippen molar-refractivity contribution in [2.75, 3.05) is 31.8 Å². The van der Waals surface area contributed by atoms with Gasteiger partial charge in [0.15, 0.2) is 5.92 Å². The lowest BCUT2D eigenvalue weighted by atomic mass is 9.87. The number of fused-ring (bicyclic) bond motifs is 3. The molecule has 0 saturated carbocycles. The van der Waals surface area contributed by atoms with Crippen LogP contribution < -0.4 is 4.90 Å². The molecular formula is C20H27N3O4. The van der Waals surface area contributed by atoms with E-state index in [1.807, 2.05) is 42.7 Å². The number of esters is 1. The molecule has 7 heteroatoms. The van der Waals surface area contributed by atoms with Gasteiger partial charge in [-0.15, -0.1) is 0 Å². The summed E-state index contributed by atoms with van der Waals surface area (Å²) in [5.41, 5.74) is 1.73. The summed E-state index contributed by atoms with van der Waals surface area (Å²) in [6.07, 6.45) is 0.660. The highest BCUT2D eigenvalue weighted by atomic mass is 16.5. The molecule has 0 N–H and O–H groups in total. The summed E-state index contributed by atoms with van der Waals surface area (Å²) in [6.45, 7) is 7.00. The van der Waals surface area contributed by atoms with Gasteiger partial charge in [-0.2, -0.15) is 0 Å². The molecule has 7 nitrogen and oxygen atoms in total. The van der Waals surface area contributed by atoms with E-state index in [9.17, 15) is 9.59 Å². The predicted octanol–water partition coefficient (Wildman–Crippen LogP) is 2.80. The van der Waals surface area contributed by atoms with Gasteiger partial charge in [-0.1, -0.05) is 26.0 Å². The van der Waals surface area contributed by atoms with Gasteiger partial charge in [0.25, 0.3) is 0 Å².